The molecule has 0 saturated carbocycles. The smallest absolute Gasteiger partial charge is 0.232 e. The molecule has 0 aliphatic rings. The Morgan fingerprint density at radius 1 is 1.00 bits per heavy atom. The van der Waals surface area contributed by atoms with Crippen LogP contribution in [0, 0.1) is 0 Å². The Morgan fingerprint density at radius 3 is 2.11 bits per heavy atom. The van der Waals surface area contributed by atoms with Crippen LogP contribution in [0.15, 0.2) is 36.5 Å². The molecule has 5 nitrogen and oxygen atoms in total. The van der Waals surface area contributed by atoms with E-state index in [1.54, 1.807) is 18.3 Å². The SMILES string of the molecule is CCCCS(=O)(=O)Nc1ccc(Nc2c(C(C)C)cccc2C(C)C)nc1. The van der Waals surface area contributed by atoms with Crippen molar-refractivity contribution >= 4 is 27.2 Å². The molecule has 2 aromatic rings. The number of benzene rings is 1. The topological polar surface area (TPSA) is 71.1 Å². The highest BCUT2D eigenvalue weighted by atomic mass is 32.2. The van der Waals surface area contributed by atoms with Crippen molar-refractivity contribution in [2.24, 2.45) is 0 Å². The summed E-state index contributed by atoms with van der Waals surface area (Å²) in [4.78, 5) is 4.40. The van der Waals surface area contributed by atoms with Crippen LogP contribution in [-0.4, -0.2) is 19.2 Å². The van der Waals surface area contributed by atoms with Gasteiger partial charge in [-0.1, -0.05) is 59.2 Å². The Bertz CT molecular complexity index is 818. The van der Waals surface area contributed by atoms with Gasteiger partial charge < -0.3 is 5.32 Å². The van der Waals surface area contributed by atoms with Crippen molar-refractivity contribution in [1.82, 2.24) is 4.98 Å². The maximum Gasteiger partial charge on any atom is 0.232 e. The lowest BCUT2D eigenvalue weighted by atomic mass is 9.92. The molecular weight excluding hydrogens is 358 g/mol. The third kappa shape index (κ3) is 5.96. The predicted molar refractivity (Wildman–Crippen MR) is 114 cm³/mol. The number of rotatable bonds is 9. The van der Waals surface area contributed by atoms with Crippen molar-refractivity contribution in [3.63, 3.8) is 0 Å². The van der Waals surface area contributed by atoms with E-state index in [2.05, 4.69) is 60.9 Å². The Balaban J connectivity index is 2.22. The zero-order valence-electron chi connectivity index (χ0n) is 16.9. The van der Waals surface area contributed by atoms with Crippen molar-refractivity contribution in [3.8, 4) is 0 Å². The lowest BCUT2D eigenvalue weighted by molar-refractivity contribution is 0.598. The van der Waals surface area contributed by atoms with Crippen LogP contribution in [0.4, 0.5) is 17.2 Å². The Morgan fingerprint density at radius 2 is 1.63 bits per heavy atom. The standard InChI is InChI=1S/C21H31N3O2S/c1-6-7-13-27(25,26)24-17-11-12-20(22-14-17)23-21-18(15(2)3)9-8-10-19(21)16(4)5/h8-12,14-16,24H,6-7,13H2,1-5H3,(H,22,23). The summed E-state index contributed by atoms with van der Waals surface area (Å²) in [6, 6.07) is 9.91. The van der Waals surface area contributed by atoms with Crippen molar-refractivity contribution in [2.45, 2.75) is 59.3 Å². The fraction of sp³-hybridized carbons (Fsp3) is 0.476. The minimum absolute atomic E-state index is 0.128. The van der Waals surface area contributed by atoms with E-state index in [-0.39, 0.29) is 5.75 Å². The van der Waals surface area contributed by atoms with Crippen LogP contribution in [0.5, 0.6) is 0 Å². The van der Waals surface area contributed by atoms with Gasteiger partial charge in [0.15, 0.2) is 0 Å². The van der Waals surface area contributed by atoms with Gasteiger partial charge in [-0.3, -0.25) is 4.72 Å². The van der Waals surface area contributed by atoms with Crippen LogP contribution in [0.1, 0.15) is 70.4 Å². The van der Waals surface area contributed by atoms with E-state index in [9.17, 15) is 8.42 Å². The lowest BCUT2D eigenvalue weighted by Gasteiger charge is -2.20. The van der Waals surface area contributed by atoms with E-state index in [0.717, 1.165) is 12.1 Å². The van der Waals surface area contributed by atoms with Gasteiger partial charge in [-0.05, 0) is 41.5 Å². The van der Waals surface area contributed by atoms with Gasteiger partial charge in [-0.25, -0.2) is 13.4 Å². The molecule has 1 aromatic carbocycles. The number of nitrogens with one attached hydrogen (secondary N) is 2. The molecule has 6 heteroatoms. The predicted octanol–water partition coefficient (Wildman–Crippen LogP) is 5.61. The molecule has 0 atom stereocenters. The zero-order chi connectivity index (χ0) is 20.0. The number of para-hydroxylation sites is 1. The van der Waals surface area contributed by atoms with Crippen LogP contribution in [0.3, 0.4) is 0 Å². The largest absolute Gasteiger partial charge is 0.340 e. The molecule has 2 rings (SSSR count). The van der Waals surface area contributed by atoms with Gasteiger partial charge in [0.25, 0.3) is 0 Å². The molecule has 0 spiro atoms. The van der Waals surface area contributed by atoms with Gasteiger partial charge in [-0.2, -0.15) is 0 Å². The molecule has 0 amide bonds. The van der Waals surface area contributed by atoms with Crippen molar-refractivity contribution in [1.29, 1.82) is 0 Å². The fourth-order valence-corrected chi connectivity index (χ4v) is 4.17. The summed E-state index contributed by atoms with van der Waals surface area (Å²) in [5.41, 5.74) is 4.06. The van der Waals surface area contributed by atoms with Crippen molar-refractivity contribution < 1.29 is 8.42 Å². The van der Waals surface area contributed by atoms with E-state index < -0.39 is 10.0 Å². The maximum atomic E-state index is 12.0. The fourth-order valence-electron chi connectivity index (χ4n) is 2.92. The van der Waals surface area contributed by atoms with Crippen LogP contribution in [-0.2, 0) is 10.0 Å². The van der Waals surface area contributed by atoms with Gasteiger partial charge in [0.2, 0.25) is 10.0 Å². The molecule has 1 aromatic heterocycles. The van der Waals surface area contributed by atoms with Gasteiger partial charge in [0.1, 0.15) is 5.82 Å². The van der Waals surface area contributed by atoms with Crippen molar-refractivity contribution in [2.75, 3.05) is 15.8 Å². The third-order valence-electron chi connectivity index (χ3n) is 4.43. The normalized spacial score (nSPS) is 11.8. The third-order valence-corrected chi connectivity index (χ3v) is 5.80. The van der Waals surface area contributed by atoms with Crippen LogP contribution in [0.2, 0.25) is 0 Å². The molecule has 0 aliphatic heterocycles. The van der Waals surface area contributed by atoms with Crippen LogP contribution < -0.4 is 10.0 Å². The number of aromatic nitrogens is 1. The van der Waals surface area contributed by atoms with E-state index in [1.165, 1.54) is 11.1 Å². The molecule has 0 aliphatic carbocycles. The van der Waals surface area contributed by atoms with E-state index in [1.807, 2.05) is 6.92 Å². The van der Waals surface area contributed by atoms with Crippen LogP contribution >= 0.6 is 0 Å². The number of hydrogen-bond acceptors (Lipinski definition) is 4. The summed E-state index contributed by atoms with van der Waals surface area (Å²) in [5.74, 6) is 1.59. The number of hydrogen-bond donors (Lipinski definition) is 2. The molecule has 1 heterocycles. The van der Waals surface area contributed by atoms with Gasteiger partial charge in [0.05, 0.1) is 17.6 Å². The lowest BCUT2D eigenvalue weighted by Crippen LogP contribution is -2.16. The molecule has 27 heavy (non-hydrogen) atoms. The summed E-state index contributed by atoms with van der Waals surface area (Å²) < 4.78 is 26.6. The Labute approximate surface area is 163 Å². The summed E-state index contributed by atoms with van der Waals surface area (Å²) in [5, 5.41) is 3.44. The van der Waals surface area contributed by atoms with Gasteiger partial charge in [-0.15, -0.1) is 0 Å². The molecule has 0 bridgehead atoms. The molecule has 0 saturated heterocycles. The first-order valence-electron chi connectivity index (χ1n) is 9.60. The molecule has 148 valence electrons. The maximum absolute atomic E-state index is 12.0. The van der Waals surface area contributed by atoms with E-state index in [0.29, 0.717) is 29.8 Å². The Kier molecular flexibility index (Phi) is 7.25. The first kappa shape index (κ1) is 21.2. The number of unbranched alkanes of at least 4 members (excludes halogenated alkanes) is 1. The summed E-state index contributed by atoms with van der Waals surface area (Å²) in [6.07, 6.45) is 3.04. The van der Waals surface area contributed by atoms with Crippen LogP contribution in [0.25, 0.3) is 0 Å². The molecular formula is C21H31N3O2S. The first-order valence-corrected chi connectivity index (χ1v) is 11.2. The highest BCUT2D eigenvalue weighted by molar-refractivity contribution is 7.92. The second-order valence-corrected chi connectivity index (χ2v) is 9.29. The van der Waals surface area contributed by atoms with Crippen molar-refractivity contribution in [3.05, 3.63) is 47.7 Å². The monoisotopic (exact) mass is 389 g/mol. The average Bonchev–Trinajstić information content (AvgIpc) is 2.61. The second kappa shape index (κ2) is 9.22. The molecule has 0 fully saturated rings. The molecule has 0 unspecified atom stereocenters. The minimum atomic E-state index is -3.31. The van der Waals surface area contributed by atoms with E-state index >= 15 is 0 Å². The average molecular weight is 390 g/mol. The summed E-state index contributed by atoms with van der Waals surface area (Å²) in [6.45, 7) is 10.7. The first-order chi connectivity index (χ1) is 12.7. The quantitative estimate of drug-likeness (QED) is 0.584. The molecule has 2 N–H and O–H groups in total. The Hall–Kier alpha value is -2.08. The summed E-state index contributed by atoms with van der Waals surface area (Å²) in [7, 11) is -3.31. The highest BCUT2D eigenvalue weighted by Crippen LogP contribution is 2.34. The molecule has 0 radical (unpaired) electrons. The number of sulfonamides is 1. The zero-order valence-corrected chi connectivity index (χ0v) is 17.7. The summed E-state index contributed by atoms with van der Waals surface area (Å²) >= 11 is 0. The van der Waals surface area contributed by atoms with E-state index in [4.69, 9.17) is 0 Å². The van der Waals surface area contributed by atoms with Gasteiger partial charge >= 0.3 is 0 Å². The number of nitrogens with zero attached hydrogens (tertiary/aromatic N) is 1. The number of anilines is 3. The second-order valence-electron chi connectivity index (χ2n) is 7.45. The number of pyridine rings is 1. The minimum Gasteiger partial charge on any atom is -0.340 e. The van der Waals surface area contributed by atoms with Gasteiger partial charge in [0, 0.05) is 5.69 Å². The highest BCUT2D eigenvalue weighted by Gasteiger charge is 2.15.